The van der Waals surface area contributed by atoms with Gasteiger partial charge < -0.3 is 10.2 Å². The van der Waals surface area contributed by atoms with Crippen LogP contribution in [0.25, 0.3) is 5.69 Å². The molecule has 1 fully saturated rings. The highest BCUT2D eigenvalue weighted by Gasteiger charge is 2.26. The zero-order chi connectivity index (χ0) is 14.8. The Hall–Kier alpha value is -2.14. The average Bonchev–Trinajstić information content (AvgIpc) is 2.90. The van der Waals surface area contributed by atoms with Crippen LogP contribution in [-0.4, -0.2) is 46.3 Å². The lowest BCUT2D eigenvalue weighted by Crippen LogP contribution is -2.52. The molecule has 0 radical (unpaired) electrons. The second kappa shape index (κ2) is 5.69. The maximum Gasteiger partial charge on any atom is 0.257 e. The number of hydrogen-bond donors (Lipinski definition) is 1. The Balaban J connectivity index is 1.89. The van der Waals surface area contributed by atoms with Crippen molar-refractivity contribution in [1.82, 2.24) is 20.0 Å². The Morgan fingerprint density at radius 3 is 2.81 bits per heavy atom. The van der Waals surface area contributed by atoms with E-state index in [0.29, 0.717) is 5.56 Å². The highest BCUT2D eigenvalue weighted by molar-refractivity contribution is 5.95. The molecule has 2 heterocycles. The van der Waals surface area contributed by atoms with Gasteiger partial charge in [0.25, 0.3) is 5.91 Å². The molecule has 5 nitrogen and oxygen atoms in total. The van der Waals surface area contributed by atoms with E-state index in [0.717, 1.165) is 31.0 Å². The van der Waals surface area contributed by atoms with Crippen LogP contribution in [0, 0.1) is 6.92 Å². The van der Waals surface area contributed by atoms with Gasteiger partial charge in [0.15, 0.2) is 0 Å². The smallest absolute Gasteiger partial charge is 0.257 e. The van der Waals surface area contributed by atoms with Crippen molar-refractivity contribution in [2.75, 3.05) is 19.6 Å². The summed E-state index contributed by atoms with van der Waals surface area (Å²) in [6.07, 6.45) is 1.84. The fraction of sp³-hybridized carbons (Fsp3) is 0.375. The van der Waals surface area contributed by atoms with Gasteiger partial charge in [-0.15, -0.1) is 0 Å². The molecule has 2 aromatic rings. The van der Waals surface area contributed by atoms with E-state index < -0.39 is 0 Å². The molecule has 1 atom stereocenters. The molecule has 1 aromatic heterocycles. The first-order valence-electron chi connectivity index (χ1n) is 7.30. The van der Waals surface area contributed by atoms with Crippen molar-refractivity contribution in [3.8, 4) is 5.69 Å². The fourth-order valence-electron chi connectivity index (χ4n) is 2.68. The summed E-state index contributed by atoms with van der Waals surface area (Å²) in [4.78, 5) is 14.6. The first kappa shape index (κ1) is 13.8. The lowest BCUT2D eigenvalue weighted by Gasteiger charge is -2.33. The number of hydrogen-bond acceptors (Lipinski definition) is 3. The molecule has 1 amide bonds. The third-order valence-electron chi connectivity index (χ3n) is 3.91. The molecule has 110 valence electrons. The molecule has 21 heavy (non-hydrogen) atoms. The highest BCUT2D eigenvalue weighted by Crippen LogP contribution is 2.16. The standard InChI is InChI=1S/C16H20N4O/c1-12-10-17-8-9-19(12)16(21)15-11-20(18-13(15)2)14-6-4-3-5-7-14/h3-7,11-12,17H,8-10H2,1-2H3/t12-/m0/s1. The number of nitrogens with zero attached hydrogens (tertiary/aromatic N) is 3. The van der Waals surface area contributed by atoms with Crippen LogP contribution in [0.5, 0.6) is 0 Å². The summed E-state index contributed by atoms with van der Waals surface area (Å²) in [6.45, 7) is 6.40. The molecule has 1 saturated heterocycles. The summed E-state index contributed by atoms with van der Waals surface area (Å²) in [5.41, 5.74) is 2.43. The second-order valence-corrected chi connectivity index (χ2v) is 5.46. The largest absolute Gasteiger partial charge is 0.333 e. The topological polar surface area (TPSA) is 50.2 Å². The van der Waals surface area contributed by atoms with E-state index in [1.165, 1.54) is 0 Å². The van der Waals surface area contributed by atoms with Crippen LogP contribution < -0.4 is 5.32 Å². The Bertz CT molecular complexity index is 635. The van der Waals surface area contributed by atoms with E-state index in [-0.39, 0.29) is 11.9 Å². The first-order valence-corrected chi connectivity index (χ1v) is 7.30. The fourth-order valence-corrected chi connectivity index (χ4v) is 2.68. The molecule has 0 saturated carbocycles. The zero-order valence-corrected chi connectivity index (χ0v) is 12.4. The Morgan fingerprint density at radius 1 is 1.33 bits per heavy atom. The van der Waals surface area contributed by atoms with E-state index in [1.54, 1.807) is 4.68 Å². The van der Waals surface area contributed by atoms with Crippen LogP contribution in [-0.2, 0) is 0 Å². The Morgan fingerprint density at radius 2 is 2.10 bits per heavy atom. The van der Waals surface area contributed by atoms with Crippen LogP contribution in [0.3, 0.4) is 0 Å². The number of piperazine rings is 1. The van der Waals surface area contributed by atoms with Crippen molar-refractivity contribution in [1.29, 1.82) is 0 Å². The number of rotatable bonds is 2. The molecule has 1 N–H and O–H groups in total. The molecule has 1 aliphatic rings. The summed E-state index contributed by atoms with van der Waals surface area (Å²) in [5, 5.41) is 7.78. The SMILES string of the molecule is Cc1nn(-c2ccccc2)cc1C(=O)N1CCNC[C@@H]1C. The van der Waals surface area contributed by atoms with Crippen LogP contribution >= 0.6 is 0 Å². The minimum Gasteiger partial charge on any atom is -0.333 e. The number of para-hydroxylation sites is 1. The highest BCUT2D eigenvalue weighted by atomic mass is 16.2. The van der Waals surface area contributed by atoms with Gasteiger partial charge in [-0.2, -0.15) is 5.10 Å². The van der Waals surface area contributed by atoms with Gasteiger partial charge in [0.1, 0.15) is 0 Å². The predicted molar refractivity (Wildman–Crippen MR) is 81.7 cm³/mol. The molecule has 0 bridgehead atoms. The van der Waals surface area contributed by atoms with Gasteiger partial charge in [0, 0.05) is 31.9 Å². The molecule has 1 aromatic carbocycles. The minimum absolute atomic E-state index is 0.0729. The number of aromatic nitrogens is 2. The number of carbonyl (C=O) groups excluding carboxylic acids is 1. The first-order chi connectivity index (χ1) is 10.2. The Kier molecular flexibility index (Phi) is 3.75. The van der Waals surface area contributed by atoms with Gasteiger partial charge in [-0.3, -0.25) is 4.79 Å². The summed E-state index contributed by atoms with van der Waals surface area (Å²) < 4.78 is 1.77. The van der Waals surface area contributed by atoms with E-state index in [2.05, 4.69) is 17.3 Å². The normalized spacial score (nSPS) is 18.8. The minimum atomic E-state index is 0.0729. The predicted octanol–water partition coefficient (Wildman–Crippen LogP) is 1.61. The van der Waals surface area contributed by atoms with Crippen molar-refractivity contribution in [3.63, 3.8) is 0 Å². The summed E-state index contributed by atoms with van der Waals surface area (Å²) in [5.74, 6) is 0.0729. The lowest BCUT2D eigenvalue weighted by atomic mass is 10.1. The molecule has 1 aliphatic heterocycles. The van der Waals surface area contributed by atoms with Crippen molar-refractivity contribution in [2.45, 2.75) is 19.9 Å². The van der Waals surface area contributed by atoms with Crippen LogP contribution in [0.15, 0.2) is 36.5 Å². The molecule has 0 spiro atoms. The molecule has 0 aliphatic carbocycles. The summed E-state index contributed by atoms with van der Waals surface area (Å²) >= 11 is 0. The molecule has 3 rings (SSSR count). The van der Waals surface area contributed by atoms with Gasteiger partial charge >= 0.3 is 0 Å². The van der Waals surface area contributed by atoms with Crippen LogP contribution in [0.2, 0.25) is 0 Å². The quantitative estimate of drug-likeness (QED) is 0.911. The van der Waals surface area contributed by atoms with E-state index in [4.69, 9.17) is 0 Å². The average molecular weight is 284 g/mol. The molecule has 0 unspecified atom stereocenters. The van der Waals surface area contributed by atoms with Crippen molar-refractivity contribution < 1.29 is 4.79 Å². The van der Waals surface area contributed by atoms with Crippen molar-refractivity contribution >= 4 is 5.91 Å². The molecular formula is C16H20N4O. The number of benzene rings is 1. The van der Waals surface area contributed by atoms with E-state index in [9.17, 15) is 4.79 Å². The maximum absolute atomic E-state index is 12.7. The number of aryl methyl sites for hydroxylation is 1. The monoisotopic (exact) mass is 284 g/mol. The van der Waals surface area contributed by atoms with Crippen molar-refractivity contribution in [3.05, 3.63) is 47.8 Å². The van der Waals surface area contributed by atoms with Gasteiger partial charge in [-0.05, 0) is 26.0 Å². The van der Waals surface area contributed by atoms with Crippen LogP contribution in [0.4, 0.5) is 0 Å². The molecular weight excluding hydrogens is 264 g/mol. The number of carbonyl (C=O) groups is 1. The summed E-state index contributed by atoms with van der Waals surface area (Å²) in [6, 6.07) is 10.1. The van der Waals surface area contributed by atoms with Gasteiger partial charge in [-0.1, -0.05) is 18.2 Å². The number of nitrogens with one attached hydrogen (secondary N) is 1. The second-order valence-electron chi connectivity index (χ2n) is 5.46. The number of amides is 1. The summed E-state index contributed by atoms with van der Waals surface area (Å²) in [7, 11) is 0. The van der Waals surface area contributed by atoms with Crippen molar-refractivity contribution in [2.24, 2.45) is 0 Å². The van der Waals surface area contributed by atoms with E-state index in [1.807, 2.05) is 48.4 Å². The third kappa shape index (κ3) is 2.69. The zero-order valence-electron chi connectivity index (χ0n) is 12.4. The van der Waals surface area contributed by atoms with Gasteiger partial charge in [0.2, 0.25) is 0 Å². The third-order valence-corrected chi connectivity index (χ3v) is 3.91. The lowest BCUT2D eigenvalue weighted by molar-refractivity contribution is 0.0655. The Labute approximate surface area is 124 Å². The van der Waals surface area contributed by atoms with Crippen LogP contribution in [0.1, 0.15) is 23.0 Å². The van der Waals surface area contributed by atoms with Gasteiger partial charge in [-0.25, -0.2) is 4.68 Å². The molecule has 5 heteroatoms. The maximum atomic E-state index is 12.7. The van der Waals surface area contributed by atoms with Gasteiger partial charge in [0.05, 0.1) is 16.9 Å². The van der Waals surface area contributed by atoms with E-state index >= 15 is 0 Å².